The average molecular weight is 236 g/mol. The minimum atomic E-state index is -0.265. The van der Waals surface area contributed by atoms with E-state index in [0.29, 0.717) is 0 Å². The molecule has 4 rings (SSSR count). The third-order valence-corrected chi connectivity index (χ3v) is 4.77. The van der Waals surface area contributed by atoms with Crippen molar-refractivity contribution in [2.45, 2.75) is 30.8 Å². The molecule has 1 heteroatoms. The summed E-state index contributed by atoms with van der Waals surface area (Å²) in [7, 11) is 0. The third kappa shape index (κ3) is 1.10. The summed E-state index contributed by atoms with van der Waals surface area (Å²) in [5, 5.41) is 10.6. The monoisotopic (exact) mass is 236 g/mol. The van der Waals surface area contributed by atoms with E-state index in [-0.39, 0.29) is 11.5 Å². The number of aryl methyl sites for hydroxylation is 1. The van der Waals surface area contributed by atoms with Crippen LogP contribution < -0.4 is 0 Å². The van der Waals surface area contributed by atoms with Crippen LogP contribution in [-0.4, -0.2) is 11.2 Å². The Labute approximate surface area is 107 Å². The Kier molecular flexibility index (Phi) is 1.98. The third-order valence-electron chi connectivity index (χ3n) is 4.77. The number of hydrogen-bond acceptors (Lipinski definition) is 1. The van der Waals surface area contributed by atoms with Crippen molar-refractivity contribution in [3.8, 4) is 0 Å². The van der Waals surface area contributed by atoms with Crippen molar-refractivity contribution < 1.29 is 5.11 Å². The molecule has 2 aliphatic rings. The zero-order valence-electron chi connectivity index (χ0n) is 10.3. The van der Waals surface area contributed by atoms with Crippen LogP contribution in [0.15, 0.2) is 48.5 Å². The Balaban J connectivity index is 2.01. The van der Waals surface area contributed by atoms with Crippen LogP contribution in [0.5, 0.6) is 0 Å². The van der Waals surface area contributed by atoms with Gasteiger partial charge in [-0.3, -0.25) is 0 Å². The summed E-state index contributed by atoms with van der Waals surface area (Å²) in [5.74, 6) is 0. The van der Waals surface area contributed by atoms with Crippen molar-refractivity contribution in [3.05, 3.63) is 70.8 Å². The lowest BCUT2D eigenvalue weighted by Crippen LogP contribution is -2.34. The van der Waals surface area contributed by atoms with E-state index >= 15 is 0 Å². The predicted octanol–water partition coefficient (Wildman–Crippen LogP) is 2.84. The molecule has 0 aliphatic heterocycles. The van der Waals surface area contributed by atoms with E-state index in [2.05, 4.69) is 48.5 Å². The number of fused-ring (bicyclic) bond motifs is 4. The SMILES string of the molecule is OC1Cc2ccccc2[C@@]12CCc1ccccc12. The second-order valence-corrected chi connectivity index (χ2v) is 5.51. The van der Waals surface area contributed by atoms with Crippen molar-refractivity contribution >= 4 is 0 Å². The number of aliphatic hydroxyl groups is 1. The fourth-order valence-corrected chi connectivity index (χ4v) is 3.96. The maximum Gasteiger partial charge on any atom is 0.0718 e. The summed E-state index contributed by atoms with van der Waals surface area (Å²) in [4.78, 5) is 0. The standard InChI is InChI=1S/C17H16O/c18-16-11-13-6-2-4-8-15(13)17(16)10-9-12-5-1-3-7-14(12)17/h1-8,16,18H,9-11H2/t16?,17-/m0/s1. The molecule has 0 fully saturated rings. The second kappa shape index (κ2) is 3.46. The molecule has 0 aromatic heterocycles. The van der Waals surface area contributed by atoms with Crippen molar-refractivity contribution in [2.24, 2.45) is 0 Å². The molecular weight excluding hydrogens is 220 g/mol. The number of rotatable bonds is 0. The van der Waals surface area contributed by atoms with Crippen LogP contribution in [0.1, 0.15) is 28.7 Å². The van der Waals surface area contributed by atoms with Gasteiger partial charge >= 0.3 is 0 Å². The largest absolute Gasteiger partial charge is 0.391 e. The van der Waals surface area contributed by atoms with Gasteiger partial charge in [0.2, 0.25) is 0 Å². The Morgan fingerprint density at radius 3 is 2.28 bits per heavy atom. The van der Waals surface area contributed by atoms with Crippen molar-refractivity contribution in [3.63, 3.8) is 0 Å². The van der Waals surface area contributed by atoms with Gasteiger partial charge in [-0.2, -0.15) is 0 Å². The first-order chi connectivity index (χ1) is 8.82. The summed E-state index contributed by atoms with van der Waals surface area (Å²) in [6, 6.07) is 17.1. The van der Waals surface area contributed by atoms with Crippen LogP contribution in [0.2, 0.25) is 0 Å². The Morgan fingerprint density at radius 2 is 1.50 bits per heavy atom. The first kappa shape index (κ1) is 10.3. The van der Waals surface area contributed by atoms with Crippen LogP contribution in [0.25, 0.3) is 0 Å². The average Bonchev–Trinajstić information content (AvgIpc) is 2.92. The smallest absolute Gasteiger partial charge is 0.0718 e. The quantitative estimate of drug-likeness (QED) is 0.745. The van der Waals surface area contributed by atoms with E-state index in [1.54, 1.807) is 0 Å². The van der Waals surface area contributed by atoms with Gasteiger partial charge in [-0.1, -0.05) is 48.5 Å². The molecule has 0 bridgehead atoms. The maximum absolute atomic E-state index is 10.6. The molecule has 90 valence electrons. The fourth-order valence-electron chi connectivity index (χ4n) is 3.96. The molecule has 1 N–H and O–H groups in total. The zero-order valence-corrected chi connectivity index (χ0v) is 10.3. The highest BCUT2D eigenvalue weighted by atomic mass is 16.3. The Hall–Kier alpha value is -1.60. The minimum absolute atomic E-state index is 0.132. The Bertz CT molecular complexity index is 604. The van der Waals surface area contributed by atoms with Crippen LogP contribution in [0.4, 0.5) is 0 Å². The lowest BCUT2D eigenvalue weighted by Gasteiger charge is -2.30. The highest BCUT2D eigenvalue weighted by molar-refractivity contribution is 5.55. The van der Waals surface area contributed by atoms with Crippen LogP contribution in [0.3, 0.4) is 0 Å². The van der Waals surface area contributed by atoms with Crippen molar-refractivity contribution in [2.75, 3.05) is 0 Å². The highest BCUT2D eigenvalue weighted by Gasteiger charge is 2.50. The van der Waals surface area contributed by atoms with Crippen molar-refractivity contribution in [1.82, 2.24) is 0 Å². The lowest BCUT2D eigenvalue weighted by atomic mass is 9.75. The molecule has 1 spiro atoms. The lowest BCUT2D eigenvalue weighted by molar-refractivity contribution is 0.117. The first-order valence-corrected chi connectivity index (χ1v) is 6.67. The summed E-state index contributed by atoms with van der Waals surface area (Å²) < 4.78 is 0. The number of benzene rings is 2. The van der Waals surface area contributed by atoms with E-state index in [1.807, 2.05) is 0 Å². The summed E-state index contributed by atoms with van der Waals surface area (Å²) in [6.45, 7) is 0. The minimum Gasteiger partial charge on any atom is -0.391 e. The second-order valence-electron chi connectivity index (χ2n) is 5.51. The highest BCUT2D eigenvalue weighted by Crippen LogP contribution is 2.51. The zero-order chi connectivity index (χ0) is 12.2. The van der Waals surface area contributed by atoms with E-state index in [0.717, 1.165) is 19.3 Å². The van der Waals surface area contributed by atoms with Crippen LogP contribution in [0, 0.1) is 0 Å². The van der Waals surface area contributed by atoms with E-state index < -0.39 is 0 Å². The van der Waals surface area contributed by atoms with Gasteiger partial charge in [-0.05, 0) is 41.5 Å². The van der Waals surface area contributed by atoms with E-state index in [4.69, 9.17) is 0 Å². The van der Waals surface area contributed by atoms with Crippen molar-refractivity contribution in [1.29, 1.82) is 0 Å². The molecular formula is C17H16O. The molecule has 0 saturated heterocycles. The van der Waals surface area contributed by atoms with Gasteiger partial charge in [0.05, 0.1) is 6.10 Å². The number of hydrogen-bond donors (Lipinski definition) is 1. The molecule has 0 amide bonds. The molecule has 1 unspecified atom stereocenters. The Morgan fingerprint density at radius 1 is 0.889 bits per heavy atom. The molecule has 0 saturated carbocycles. The fraction of sp³-hybridized carbons (Fsp3) is 0.294. The molecule has 2 atom stereocenters. The van der Waals surface area contributed by atoms with Gasteiger partial charge < -0.3 is 5.11 Å². The topological polar surface area (TPSA) is 20.2 Å². The van der Waals surface area contributed by atoms with Gasteiger partial charge in [0.1, 0.15) is 0 Å². The van der Waals surface area contributed by atoms with Gasteiger partial charge in [0, 0.05) is 5.41 Å². The summed E-state index contributed by atoms with van der Waals surface area (Å²) in [6.07, 6.45) is 2.66. The molecule has 2 aromatic rings. The predicted molar refractivity (Wildman–Crippen MR) is 71.7 cm³/mol. The normalized spacial score (nSPS) is 28.4. The maximum atomic E-state index is 10.6. The molecule has 18 heavy (non-hydrogen) atoms. The van der Waals surface area contributed by atoms with Gasteiger partial charge in [0.25, 0.3) is 0 Å². The first-order valence-electron chi connectivity index (χ1n) is 6.67. The van der Waals surface area contributed by atoms with Gasteiger partial charge in [-0.25, -0.2) is 0 Å². The van der Waals surface area contributed by atoms with E-state index in [9.17, 15) is 5.11 Å². The van der Waals surface area contributed by atoms with Gasteiger partial charge in [0.15, 0.2) is 0 Å². The molecule has 0 heterocycles. The van der Waals surface area contributed by atoms with Crippen LogP contribution >= 0.6 is 0 Å². The molecule has 2 aromatic carbocycles. The van der Waals surface area contributed by atoms with Crippen LogP contribution in [-0.2, 0) is 18.3 Å². The molecule has 1 nitrogen and oxygen atoms in total. The summed E-state index contributed by atoms with van der Waals surface area (Å²) in [5.41, 5.74) is 5.30. The molecule has 0 radical (unpaired) electrons. The molecule has 2 aliphatic carbocycles. The summed E-state index contributed by atoms with van der Waals surface area (Å²) >= 11 is 0. The van der Waals surface area contributed by atoms with E-state index in [1.165, 1.54) is 22.3 Å². The number of aliphatic hydroxyl groups excluding tert-OH is 1. The van der Waals surface area contributed by atoms with Gasteiger partial charge in [-0.15, -0.1) is 0 Å².